The Labute approximate surface area is 185 Å². The molecule has 2 N–H and O–H groups in total. The molecule has 156 valence electrons. The first-order valence-corrected chi connectivity index (χ1v) is 9.81. The monoisotopic (exact) mass is 500 g/mol. The molecule has 0 unspecified atom stereocenters. The summed E-state index contributed by atoms with van der Waals surface area (Å²) in [6.07, 6.45) is 2.20. The normalized spacial score (nSPS) is 11.2. The van der Waals surface area contributed by atoms with Crippen LogP contribution in [0.3, 0.4) is 0 Å². The molecule has 0 aliphatic carbocycles. The van der Waals surface area contributed by atoms with Crippen molar-refractivity contribution in [3.8, 4) is 5.75 Å². The number of nitrogens with zero attached hydrogens (tertiary/aromatic N) is 2. The van der Waals surface area contributed by atoms with Crippen LogP contribution in [0.2, 0.25) is 0 Å². The molecule has 1 heterocycles. The third-order valence-corrected chi connectivity index (χ3v) is 4.03. The van der Waals surface area contributed by atoms with Gasteiger partial charge in [-0.15, -0.1) is 24.0 Å². The molecule has 0 amide bonds. The molecule has 0 aliphatic rings. The van der Waals surface area contributed by atoms with Crippen molar-refractivity contribution in [1.29, 1.82) is 0 Å². The van der Waals surface area contributed by atoms with E-state index in [-0.39, 0.29) is 24.0 Å². The topological polar surface area (TPSA) is 71.7 Å². The standard InChI is InChI=1S/C21H32N4O2.HI/c1-5-7-11-26-18-10-8-9-17(12-18)14-23-21(22-6-2)24-15-19-13-20(16(3)4)25-27-19;/h8-10,12-13,16H,5-7,11,14-15H2,1-4H3,(H2,22,23,24);1H. The molecule has 2 rings (SSSR count). The van der Waals surface area contributed by atoms with Gasteiger partial charge in [-0.1, -0.05) is 44.5 Å². The molecule has 0 saturated heterocycles. The molecule has 7 heteroatoms. The fourth-order valence-electron chi connectivity index (χ4n) is 2.44. The third kappa shape index (κ3) is 8.50. The maximum Gasteiger partial charge on any atom is 0.191 e. The maximum atomic E-state index is 5.77. The van der Waals surface area contributed by atoms with Gasteiger partial charge in [-0.3, -0.25) is 0 Å². The van der Waals surface area contributed by atoms with Gasteiger partial charge < -0.3 is 19.9 Å². The first-order valence-electron chi connectivity index (χ1n) is 9.81. The SMILES string of the molecule is CCCCOc1cccc(CN=C(NCC)NCc2cc(C(C)C)no2)c1.I. The lowest BCUT2D eigenvalue weighted by Crippen LogP contribution is -2.36. The average Bonchev–Trinajstić information content (AvgIpc) is 3.14. The smallest absolute Gasteiger partial charge is 0.191 e. The molecule has 0 bridgehead atoms. The lowest BCUT2D eigenvalue weighted by Gasteiger charge is -2.10. The van der Waals surface area contributed by atoms with Crippen molar-refractivity contribution in [3.05, 3.63) is 47.3 Å². The van der Waals surface area contributed by atoms with Gasteiger partial charge in [0.1, 0.15) is 5.75 Å². The van der Waals surface area contributed by atoms with E-state index in [1.54, 1.807) is 0 Å². The number of aromatic nitrogens is 1. The number of ether oxygens (including phenoxy) is 1. The Hall–Kier alpha value is -1.77. The van der Waals surface area contributed by atoms with Gasteiger partial charge >= 0.3 is 0 Å². The number of rotatable bonds is 10. The fraction of sp³-hybridized carbons (Fsp3) is 0.524. The van der Waals surface area contributed by atoms with Gasteiger partial charge in [-0.05, 0) is 37.0 Å². The van der Waals surface area contributed by atoms with Crippen LogP contribution in [0.4, 0.5) is 0 Å². The Morgan fingerprint density at radius 2 is 2.04 bits per heavy atom. The van der Waals surface area contributed by atoms with E-state index >= 15 is 0 Å². The molecule has 0 aliphatic heterocycles. The van der Waals surface area contributed by atoms with Crippen LogP contribution in [0, 0.1) is 0 Å². The summed E-state index contributed by atoms with van der Waals surface area (Å²) in [5, 5.41) is 10.6. The van der Waals surface area contributed by atoms with Crippen molar-refractivity contribution in [2.75, 3.05) is 13.2 Å². The maximum absolute atomic E-state index is 5.77. The summed E-state index contributed by atoms with van der Waals surface area (Å²) < 4.78 is 11.1. The van der Waals surface area contributed by atoms with Crippen LogP contribution in [-0.4, -0.2) is 24.3 Å². The number of halogens is 1. The summed E-state index contributed by atoms with van der Waals surface area (Å²) in [6.45, 7) is 11.1. The number of guanidine groups is 1. The number of hydrogen-bond acceptors (Lipinski definition) is 4. The number of unbranched alkanes of at least 4 members (excludes halogenated alkanes) is 1. The van der Waals surface area contributed by atoms with E-state index in [9.17, 15) is 0 Å². The predicted molar refractivity (Wildman–Crippen MR) is 125 cm³/mol. The summed E-state index contributed by atoms with van der Waals surface area (Å²) >= 11 is 0. The van der Waals surface area contributed by atoms with Crippen molar-refractivity contribution in [3.63, 3.8) is 0 Å². The average molecular weight is 500 g/mol. The first-order chi connectivity index (χ1) is 13.1. The Bertz CT molecular complexity index is 716. The van der Waals surface area contributed by atoms with Crippen molar-refractivity contribution < 1.29 is 9.26 Å². The van der Waals surface area contributed by atoms with E-state index in [0.29, 0.717) is 19.0 Å². The fourth-order valence-corrected chi connectivity index (χ4v) is 2.44. The van der Waals surface area contributed by atoms with Gasteiger partial charge in [0.2, 0.25) is 0 Å². The highest BCUT2D eigenvalue weighted by molar-refractivity contribution is 14.0. The largest absolute Gasteiger partial charge is 0.494 e. The van der Waals surface area contributed by atoms with E-state index in [1.165, 1.54) is 0 Å². The van der Waals surface area contributed by atoms with Crippen molar-refractivity contribution >= 4 is 29.9 Å². The molecule has 0 saturated carbocycles. The highest BCUT2D eigenvalue weighted by atomic mass is 127. The van der Waals surface area contributed by atoms with Gasteiger partial charge in [0.05, 0.1) is 25.4 Å². The van der Waals surface area contributed by atoms with Crippen LogP contribution in [-0.2, 0) is 13.1 Å². The van der Waals surface area contributed by atoms with E-state index in [2.05, 4.69) is 47.6 Å². The van der Waals surface area contributed by atoms with Gasteiger partial charge in [0, 0.05) is 12.6 Å². The van der Waals surface area contributed by atoms with Gasteiger partial charge in [-0.25, -0.2) is 4.99 Å². The van der Waals surface area contributed by atoms with E-state index in [4.69, 9.17) is 9.26 Å². The van der Waals surface area contributed by atoms with E-state index in [1.807, 2.05) is 31.2 Å². The first kappa shape index (κ1) is 24.3. The minimum atomic E-state index is 0. The molecular formula is C21H33IN4O2. The summed E-state index contributed by atoms with van der Waals surface area (Å²) in [4.78, 5) is 4.66. The molecule has 0 radical (unpaired) electrons. The van der Waals surface area contributed by atoms with Crippen LogP contribution in [0.15, 0.2) is 39.8 Å². The minimum absolute atomic E-state index is 0. The third-order valence-electron chi connectivity index (χ3n) is 4.03. The lowest BCUT2D eigenvalue weighted by molar-refractivity contribution is 0.309. The van der Waals surface area contributed by atoms with Crippen molar-refractivity contribution in [2.45, 2.75) is 59.5 Å². The van der Waals surface area contributed by atoms with E-state index < -0.39 is 0 Å². The summed E-state index contributed by atoms with van der Waals surface area (Å²) in [7, 11) is 0. The van der Waals surface area contributed by atoms with Crippen molar-refractivity contribution in [2.24, 2.45) is 4.99 Å². The predicted octanol–water partition coefficient (Wildman–Crippen LogP) is 4.85. The van der Waals surface area contributed by atoms with Crippen molar-refractivity contribution in [1.82, 2.24) is 15.8 Å². The molecule has 0 atom stereocenters. The van der Waals surface area contributed by atoms with Crippen LogP contribution >= 0.6 is 24.0 Å². The quantitative estimate of drug-likeness (QED) is 0.211. The van der Waals surface area contributed by atoms with Crippen LogP contribution < -0.4 is 15.4 Å². The molecular weight excluding hydrogens is 467 g/mol. The summed E-state index contributed by atoms with van der Waals surface area (Å²) in [5.74, 6) is 2.81. The number of benzene rings is 1. The summed E-state index contributed by atoms with van der Waals surface area (Å²) in [6, 6.07) is 10.1. The highest BCUT2D eigenvalue weighted by Gasteiger charge is 2.08. The highest BCUT2D eigenvalue weighted by Crippen LogP contribution is 2.15. The molecule has 2 aromatic rings. The second kappa shape index (κ2) is 13.4. The summed E-state index contributed by atoms with van der Waals surface area (Å²) in [5.41, 5.74) is 2.08. The van der Waals surface area contributed by atoms with Gasteiger partial charge in [0.15, 0.2) is 11.7 Å². The zero-order valence-corrected chi connectivity index (χ0v) is 19.7. The second-order valence-electron chi connectivity index (χ2n) is 6.77. The molecule has 0 spiro atoms. The van der Waals surface area contributed by atoms with Crippen LogP contribution in [0.5, 0.6) is 5.75 Å². The Balaban J connectivity index is 0.00000392. The molecule has 28 heavy (non-hydrogen) atoms. The molecule has 6 nitrogen and oxygen atoms in total. The lowest BCUT2D eigenvalue weighted by atomic mass is 10.1. The van der Waals surface area contributed by atoms with Crippen LogP contribution in [0.1, 0.15) is 63.5 Å². The minimum Gasteiger partial charge on any atom is -0.494 e. The molecule has 1 aromatic carbocycles. The van der Waals surface area contributed by atoms with Gasteiger partial charge in [0.25, 0.3) is 0 Å². The zero-order valence-electron chi connectivity index (χ0n) is 17.3. The Morgan fingerprint density at radius 3 is 2.71 bits per heavy atom. The number of hydrogen-bond donors (Lipinski definition) is 2. The second-order valence-corrected chi connectivity index (χ2v) is 6.77. The van der Waals surface area contributed by atoms with Crippen LogP contribution in [0.25, 0.3) is 0 Å². The number of nitrogens with one attached hydrogen (secondary N) is 2. The zero-order chi connectivity index (χ0) is 19.5. The number of aliphatic imine (C=N–C) groups is 1. The van der Waals surface area contributed by atoms with Gasteiger partial charge in [-0.2, -0.15) is 0 Å². The Morgan fingerprint density at radius 1 is 1.21 bits per heavy atom. The Kier molecular flexibility index (Phi) is 11.6. The molecule has 1 aromatic heterocycles. The van der Waals surface area contributed by atoms with E-state index in [0.717, 1.165) is 54.7 Å². The molecule has 0 fully saturated rings.